The van der Waals surface area contributed by atoms with Crippen molar-refractivity contribution >= 4 is 11.6 Å². The summed E-state index contributed by atoms with van der Waals surface area (Å²) in [6.45, 7) is 0.596. The first-order valence-corrected chi connectivity index (χ1v) is 8.72. The number of carbonyl (C=O) groups is 1. The lowest BCUT2D eigenvalue weighted by Gasteiger charge is -2.36. The van der Waals surface area contributed by atoms with E-state index in [1.54, 1.807) is 13.3 Å². The fraction of sp³-hybridized carbons (Fsp3) is 0.238. The SMILES string of the molecule is CO[C@H](C(=O)N1C[C@H](n2ccnc2)Cc2ccccc21)c1ccccc1. The summed E-state index contributed by atoms with van der Waals surface area (Å²) < 4.78 is 7.65. The fourth-order valence-electron chi connectivity index (χ4n) is 3.62. The standard InChI is InChI=1S/C21H21N3O2/c1-26-20(16-7-3-2-4-8-16)21(25)24-14-18(23-12-11-22-15-23)13-17-9-5-6-10-19(17)24/h2-12,15,18,20H,13-14H2,1H3/t18-,20+/m1/s1. The Hall–Kier alpha value is -2.92. The van der Waals surface area contributed by atoms with Gasteiger partial charge in [-0.25, -0.2) is 4.98 Å². The van der Waals surface area contributed by atoms with E-state index in [4.69, 9.17) is 4.74 Å². The lowest BCUT2D eigenvalue weighted by Crippen LogP contribution is -2.43. The predicted octanol–water partition coefficient (Wildman–Crippen LogP) is 3.40. The predicted molar refractivity (Wildman–Crippen MR) is 100.0 cm³/mol. The Labute approximate surface area is 152 Å². The summed E-state index contributed by atoms with van der Waals surface area (Å²) in [7, 11) is 1.58. The maximum absolute atomic E-state index is 13.4. The van der Waals surface area contributed by atoms with Gasteiger partial charge in [-0.3, -0.25) is 4.79 Å². The first-order chi connectivity index (χ1) is 12.8. The van der Waals surface area contributed by atoms with Crippen LogP contribution in [0.3, 0.4) is 0 Å². The van der Waals surface area contributed by atoms with Gasteiger partial charge in [0.1, 0.15) is 0 Å². The highest BCUT2D eigenvalue weighted by Crippen LogP contribution is 2.34. The van der Waals surface area contributed by atoms with Gasteiger partial charge in [0.2, 0.25) is 0 Å². The molecule has 3 aromatic rings. The monoisotopic (exact) mass is 347 g/mol. The van der Waals surface area contributed by atoms with E-state index in [1.807, 2.05) is 66.0 Å². The van der Waals surface area contributed by atoms with E-state index in [0.717, 1.165) is 23.2 Å². The molecule has 0 N–H and O–H groups in total. The third-order valence-corrected chi connectivity index (χ3v) is 4.91. The number of ether oxygens (including phenoxy) is 1. The number of para-hydroxylation sites is 1. The number of aromatic nitrogens is 2. The summed E-state index contributed by atoms with van der Waals surface area (Å²) in [4.78, 5) is 19.4. The zero-order valence-electron chi connectivity index (χ0n) is 14.7. The van der Waals surface area contributed by atoms with Crippen molar-refractivity contribution in [3.63, 3.8) is 0 Å². The van der Waals surface area contributed by atoms with Gasteiger partial charge in [-0.2, -0.15) is 0 Å². The number of hydrogen-bond donors (Lipinski definition) is 0. The highest BCUT2D eigenvalue weighted by Gasteiger charge is 2.33. The minimum Gasteiger partial charge on any atom is -0.367 e. The van der Waals surface area contributed by atoms with Crippen molar-refractivity contribution in [2.45, 2.75) is 18.6 Å². The number of nitrogens with zero attached hydrogens (tertiary/aromatic N) is 3. The molecule has 132 valence electrons. The van der Waals surface area contributed by atoms with Gasteiger partial charge in [-0.15, -0.1) is 0 Å². The molecule has 0 radical (unpaired) electrons. The molecule has 0 saturated carbocycles. The van der Waals surface area contributed by atoms with E-state index in [0.29, 0.717) is 6.54 Å². The van der Waals surface area contributed by atoms with Crippen LogP contribution in [0.15, 0.2) is 73.3 Å². The number of anilines is 1. The molecule has 0 spiro atoms. The fourth-order valence-corrected chi connectivity index (χ4v) is 3.62. The third-order valence-electron chi connectivity index (χ3n) is 4.91. The molecule has 5 heteroatoms. The lowest BCUT2D eigenvalue weighted by molar-refractivity contribution is -0.128. The van der Waals surface area contributed by atoms with E-state index in [9.17, 15) is 4.79 Å². The summed E-state index contributed by atoms with van der Waals surface area (Å²) in [5, 5.41) is 0. The average Bonchev–Trinajstić information content (AvgIpc) is 3.23. The van der Waals surface area contributed by atoms with Gasteiger partial charge in [0.25, 0.3) is 5.91 Å². The Morgan fingerprint density at radius 1 is 1.15 bits per heavy atom. The maximum atomic E-state index is 13.4. The zero-order valence-corrected chi connectivity index (χ0v) is 14.7. The van der Waals surface area contributed by atoms with Gasteiger partial charge < -0.3 is 14.2 Å². The molecule has 1 aromatic heterocycles. The van der Waals surface area contributed by atoms with Crippen LogP contribution >= 0.6 is 0 Å². The van der Waals surface area contributed by atoms with Crippen LogP contribution in [0, 0.1) is 0 Å². The minimum absolute atomic E-state index is 0.0454. The van der Waals surface area contributed by atoms with E-state index in [1.165, 1.54) is 0 Å². The summed E-state index contributed by atoms with van der Waals surface area (Å²) in [5.41, 5.74) is 2.99. The summed E-state index contributed by atoms with van der Waals surface area (Å²) in [5.74, 6) is -0.0454. The molecule has 2 atom stereocenters. The van der Waals surface area contributed by atoms with Crippen molar-refractivity contribution in [2.24, 2.45) is 0 Å². The Balaban J connectivity index is 1.70. The molecule has 1 aliphatic heterocycles. The van der Waals surface area contributed by atoms with Crippen LogP contribution < -0.4 is 4.90 Å². The first-order valence-electron chi connectivity index (χ1n) is 8.72. The number of rotatable bonds is 4. The highest BCUT2D eigenvalue weighted by atomic mass is 16.5. The average molecular weight is 347 g/mol. The highest BCUT2D eigenvalue weighted by molar-refractivity contribution is 5.98. The van der Waals surface area contributed by atoms with Gasteiger partial charge in [0.05, 0.1) is 12.4 Å². The Morgan fingerprint density at radius 3 is 2.65 bits per heavy atom. The number of imidazole rings is 1. The third kappa shape index (κ3) is 3.02. The molecule has 26 heavy (non-hydrogen) atoms. The zero-order chi connectivity index (χ0) is 17.9. The topological polar surface area (TPSA) is 47.4 Å². The summed E-state index contributed by atoms with van der Waals surface area (Å²) in [6, 6.07) is 17.9. The number of amides is 1. The van der Waals surface area contributed by atoms with Crippen LogP contribution in [0.25, 0.3) is 0 Å². The molecule has 0 saturated heterocycles. The van der Waals surface area contributed by atoms with E-state index in [-0.39, 0.29) is 11.9 Å². The molecular formula is C21H21N3O2. The van der Waals surface area contributed by atoms with Gasteiger partial charge in [0, 0.05) is 31.7 Å². The summed E-state index contributed by atoms with van der Waals surface area (Å²) in [6.07, 6.45) is 5.79. The van der Waals surface area contributed by atoms with Crippen molar-refractivity contribution in [3.8, 4) is 0 Å². The van der Waals surface area contributed by atoms with Crippen LogP contribution in [0.2, 0.25) is 0 Å². The van der Waals surface area contributed by atoms with Gasteiger partial charge in [-0.1, -0.05) is 48.5 Å². The molecular weight excluding hydrogens is 326 g/mol. The number of fused-ring (bicyclic) bond motifs is 1. The smallest absolute Gasteiger partial charge is 0.260 e. The number of hydrogen-bond acceptors (Lipinski definition) is 3. The summed E-state index contributed by atoms with van der Waals surface area (Å²) >= 11 is 0. The van der Waals surface area contributed by atoms with E-state index < -0.39 is 6.10 Å². The molecule has 0 fully saturated rings. The van der Waals surface area contributed by atoms with Crippen molar-refractivity contribution < 1.29 is 9.53 Å². The van der Waals surface area contributed by atoms with Crippen molar-refractivity contribution in [3.05, 3.63) is 84.4 Å². The molecule has 5 nitrogen and oxygen atoms in total. The second-order valence-corrected chi connectivity index (χ2v) is 6.47. The first kappa shape index (κ1) is 16.5. The van der Waals surface area contributed by atoms with Gasteiger partial charge in [-0.05, 0) is 23.6 Å². The lowest BCUT2D eigenvalue weighted by atomic mass is 9.96. The minimum atomic E-state index is -0.620. The van der Waals surface area contributed by atoms with Crippen LogP contribution in [0.1, 0.15) is 23.3 Å². The number of carbonyl (C=O) groups excluding carboxylic acids is 1. The van der Waals surface area contributed by atoms with Crippen LogP contribution in [-0.2, 0) is 16.0 Å². The van der Waals surface area contributed by atoms with Crippen molar-refractivity contribution in [1.82, 2.24) is 9.55 Å². The number of benzene rings is 2. The molecule has 0 aliphatic carbocycles. The molecule has 2 heterocycles. The normalized spacial score (nSPS) is 17.6. The van der Waals surface area contributed by atoms with Crippen LogP contribution in [0.4, 0.5) is 5.69 Å². The maximum Gasteiger partial charge on any atom is 0.260 e. The molecule has 1 aliphatic rings. The molecule has 0 bridgehead atoms. The largest absolute Gasteiger partial charge is 0.367 e. The molecule has 0 unspecified atom stereocenters. The second kappa shape index (κ2) is 7.14. The molecule has 1 amide bonds. The van der Waals surface area contributed by atoms with E-state index in [2.05, 4.69) is 15.6 Å². The van der Waals surface area contributed by atoms with Gasteiger partial charge >= 0.3 is 0 Å². The Bertz CT molecular complexity index is 877. The second-order valence-electron chi connectivity index (χ2n) is 6.47. The van der Waals surface area contributed by atoms with Crippen LogP contribution in [0.5, 0.6) is 0 Å². The number of methoxy groups -OCH3 is 1. The Kier molecular flexibility index (Phi) is 4.54. The van der Waals surface area contributed by atoms with E-state index >= 15 is 0 Å². The molecule has 4 rings (SSSR count). The van der Waals surface area contributed by atoms with Crippen molar-refractivity contribution in [2.75, 3.05) is 18.6 Å². The molecule has 2 aromatic carbocycles. The van der Waals surface area contributed by atoms with Crippen LogP contribution in [-0.4, -0.2) is 29.1 Å². The quantitative estimate of drug-likeness (QED) is 0.727. The van der Waals surface area contributed by atoms with Crippen molar-refractivity contribution in [1.29, 1.82) is 0 Å². The van der Waals surface area contributed by atoms with Gasteiger partial charge in [0.15, 0.2) is 6.10 Å². The Morgan fingerprint density at radius 2 is 1.92 bits per heavy atom.